The zero-order chi connectivity index (χ0) is 13.2. The highest BCUT2D eigenvalue weighted by Crippen LogP contribution is 2.21. The number of carbonyl (C=O) groups excluding carboxylic acids is 1. The van der Waals surface area contributed by atoms with Gasteiger partial charge in [-0.25, -0.2) is 8.78 Å². The molecule has 5 heteroatoms. The van der Waals surface area contributed by atoms with Crippen LogP contribution >= 0.6 is 15.9 Å². The summed E-state index contributed by atoms with van der Waals surface area (Å²) in [6.45, 7) is 5.17. The van der Waals surface area contributed by atoms with Crippen LogP contribution in [0.4, 0.5) is 14.5 Å². The van der Waals surface area contributed by atoms with Crippen molar-refractivity contribution in [2.45, 2.75) is 25.6 Å². The van der Waals surface area contributed by atoms with Crippen LogP contribution in [0.25, 0.3) is 0 Å². The fourth-order valence-corrected chi connectivity index (χ4v) is 1.36. The zero-order valence-electron chi connectivity index (χ0n) is 9.85. The zero-order valence-corrected chi connectivity index (χ0v) is 11.4. The van der Waals surface area contributed by atoms with Gasteiger partial charge in [0.1, 0.15) is 11.6 Å². The maximum Gasteiger partial charge on any atom is 0.238 e. The average molecular weight is 306 g/mol. The number of benzene rings is 1. The van der Waals surface area contributed by atoms with Crippen LogP contribution in [0.1, 0.15) is 19.4 Å². The van der Waals surface area contributed by atoms with Crippen LogP contribution in [-0.2, 0) is 4.79 Å². The van der Waals surface area contributed by atoms with Gasteiger partial charge in [-0.2, -0.15) is 0 Å². The highest BCUT2D eigenvalue weighted by Gasteiger charge is 2.20. The lowest BCUT2D eigenvalue weighted by atomic mass is 10.1. The summed E-state index contributed by atoms with van der Waals surface area (Å²) in [6.07, 6.45) is 0. The Labute approximate surface area is 108 Å². The van der Waals surface area contributed by atoms with Gasteiger partial charge >= 0.3 is 0 Å². The predicted molar refractivity (Wildman–Crippen MR) is 67.3 cm³/mol. The Hall–Kier alpha value is -0.970. The molecule has 17 heavy (non-hydrogen) atoms. The van der Waals surface area contributed by atoms with Crippen molar-refractivity contribution in [3.8, 4) is 0 Å². The molecule has 0 fully saturated rings. The van der Waals surface area contributed by atoms with E-state index in [4.69, 9.17) is 0 Å². The molecule has 2 nitrogen and oxygen atoms in total. The molecule has 1 amide bonds. The molecule has 0 saturated heterocycles. The Kier molecular flexibility index (Phi) is 4.62. The standard InChI is InChI=1S/C12H14BrF2NO/c1-6(2)11(13)12(17)16-10-5-8(14)7(3)4-9(10)15/h4-6,11H,1-3H3,(H,16,17). The van der Waals surface area contributed by atoms with E-state index < -0.39 is 16.5 Å². The minimum atomic E-state index is -0.638. The van der Waals surface area contributed by atoms with Crippen molar-refractivity contribution in [3.05, 3.63) is 29.3 Å². The van der Waals surface area contributed by atoms with Gasteiger partial charge < -0.3 is 5.32 Å². The van der Waals surface area contributed by atoms with E-state index in [1.807, 2.05) is 13.8 Å². The van der Waals surface area contributed by atoms with Gasteiger partial charge in [-0.05, 0) is 24.5 Å². The van der Waals surface area contributed by atoms with Crippen molar-refractivity contribution in [1.29, 1.82) is 0 Å². The van der Waals surface area contributed by atoms with Crippen LogP contribution in [-0.4, -0.2) is 10.7 Å². The summed E-state index contributed by atoms with van der Waals surface area (Å²) in [4.78, 5) is 11.2. The third-order valence-corrected chi connectivity index (χ3v) is 3.82. The molecule has 94 valence electrons. The molecule has 1 aromatic carbocycles. The third-order valence-electron chi connectivity index (χ3n) is 2.34. The van der Waals surface area contributed by atoms with Crippen LogP contribution in [0.5, 0.6) is 0 Å². The molecule has 0 aliphatic heterocycles. The van der Waals surface area contributed by atoms with Gasteiger partial charge in [0.2, 0.25) is 5.91 Å². The van der Waals surface area contributed by atoms with Crippen LogP contribution in [0, 0.1) is 24.5 Å². The normalized spacial score (nSPS) is 12.6. The van der Waals surface area contributed by atoms with Crippen molar-refractivity contribution < 1.29 is 13.6 Å². The lowest BCUT2D eigenvalue weighted by molar-refractivity contribution is -0.116. The lowest BCUT2D eigenvalue weighted by Gasteiger charge is -2.14. The number of rotatable bonds is 3. The van der Waals surface area contributed by atoms with Gasteiger partial charge in [-0.1, -0.05) is 29.8 Å². The van der Waals surface area contributed by atoms with Gasteiger partial charge in [0.15, 0.2) is 0 Å². The molecule has 0 saturated carbocycles. The molecule has 0 heterocycles. The predicted octanol–water partition coefficient (Wildman–Crippen LogP) is 3.63. The summed E-state index contributed by atoms with van der Waals surface area (Å²) in [6, 6.07) is 2.05. The fourth-order valence-electron chi connectivity index (χ4n) is 1.25. The van der Waals surface area contributed by atoms with Crippen LogP contribution in [0.15, 0.2) is 12.1 Å². The summed E-state index contributed by atoms with van der Waals surface area (Å²) < 4.78 is 26.7. The number of hydrogen-bond acceptors (Lipinski definition) is 1. The first kappa shape index (κ1) is 14.1. The minimum Gasteiger partial charge on any atom is -0.323 e. The van der Waals surface area contributed by atoms with Gasteiger partial charge in [0, 0.05) is 6.07 Å². The molecule has 0 bridgehead atoms. The van der Waals surface area contributed by atoms with Crippen LogP contribution in [0.2, 0.25) is 0 Å². The van der Waals surface area contributed by atoms with E-state index in [1.165, 1.54) is 6.92 Å². The van der Waals surface area contributed by atoms with Crippen molar-refractivity contribution in [2.24, 2.45) is 5.92 Å². The molecule has 1 unspecified atom stereocenters. The summed E-state index contributed by atoms with van der Waals surface area (Å²) in [7, 11) is 0. The van der Waals surface area contributed by atoms with E-state index in [2.05, 4.69) is 21.2 Å². The molecule has 0 radical (unpaired) electrons. The molecular weight excluding hydrogens is 292 g/mol. The lowest BCUT2D eigenvalue weighted by Crippen LogP contribution is -2.27. The maximum absolute atomic E-state index is 13.5. The van der Waals surface area contributed by atoms with Crippen molar-refractivity contribution in [1.82, 2.24) is 0 Å². The highest BCUT2D eigenvalue weighted by molar-refractivity contribution is 9.10. The van der Waals surface area contributed by atoms with E-state index in [-0.39, 0.29) is 23.1 Å². The summed E-state index contributed by atoms with van der Waals surface area (Å²) in [5.74, 6) is -1.51. The molecule has 0 aromatic heterocycles. The van der Waals surface area contributed by atoms with E-state index in [0.717, 1.165) is 12.1 Å². The third kappa shape index (κ3) is 3.49. The number of anilines is 1. The Bertz CT molecular complexity index is 435. The summed E-state index contributed by atoms with van der Waals surface area (Å²) >= 11 is 3.19. The van der Waals surface area contributed by atoms with Crippen molar-refractivity contribution >= 4 is 27.5 Å². The molecule has 0 aliphatic carbocycles. The Morgan fingerprint density at radius 2 is 1.88 bits per heavy atom. The number of hydrogen-bond donors (Lipinski definition) is 1. The maximum atomic E-state index is 13.5. The second-order valence-corrected chi connectivity index (χ2v) is 5.20. The summed E-state index contributed by atoms with van der Waals surface area (Å²) in [5, 5.41) is 2.36. The van der Waals surface area contributed by atoms with Crippen molar-refractivity contribution in [2.75, 3.05) is 5.32 Å². The molecule has 1 aromatic rings. The topological polar surface area (TPSA) is 29.1 Å². The first-order chi connectivity index (χ1) is 7.82. The molecular formula is C12H14BrF2NO. The number of alkyl halides is 1. The quantitative estimate of drug-likeness (QED) is 0.849. The first-order valence-electron chi connectivity index (χ1n) is 5.23. The van der Waals surface area contributed by atoms with E-state index in [9.17, 15) is 13.6 Å². The smallest absolute Gasteiger partial charge is 0.238 e. The van der Waals surface area contributed by atoms with Crippen LogP contribution in [0.3, 0.4) is 0 Å². The Morgan fingerprint density at radius 1 is 1.29 bits per heavy atom. The SMILES string of the molecule is Cc1cc(F)c(NC(=O)C(Br)C(C)C)cc1F. The largest absolute Gasteiger partial charge is 0.323 e. The molecule has 1 atom stereocenters. The number of nitrogens with one attached hydrogen (secondary N) is 1. The monoisotopic (exact) mass is 305 g/mol. The van der Waals surface area contributed by atoms with Gasteiger partial charge in [-0.3, -0.25) is 4.79 Å². The van der Waals surface area contributed by atoms with Crippen molar-refractivity contribution in [3.63, 3.8) is 0 Å². The number of carbonyl (C=O) groups is 1. The number of halogens is 3. The molecule has 1 rings (SSSR count). The van der Waals surface area contributed by atoms with E-state index >= 15 is 0 Å². The second kappa shape index (κ2) is 5.58. The molecule has 1 N–H and O–H groups in total. The van der Waals surface area contributed by atoms with Gasteiger partial charge in [0.25, 0.3) is 0 Å². The number of aryl methyl sites for hydroxylation is 1. The van der Waals surface area contributed by atoms with Gasteiger partial charge in [-0.15, -0.1) is 0 Å². The Balaban J connectivity index is 2.89. The highest BCUT2D eigenvalue weighted by atomic mass is 79.9. The fraction of sp³-hybridized carbons (Fsp3) is 0.417. The van der Waals surface area contributed by atoms with Crippen LogP contribution < -0.4 is 5.32 Å². The van der Waals surface area contributed by atoms with E-state index in [0.29, 0.717) is 0 Å². The first-order valence-corrected chi connectivity index (χ1v) is 6.15. The minimum absolute atomic E-state index is 0.0633. The Morgan fingerprint density at radius 3 is 2.41 bits per heavy atom. The summed E-state index contributed by atoms with van der Waals surface area (Å²) in [5.41, 5.74) is 0.0722. The average Bonchev–Trinajstić information content (AvgIpc) is 2.24. The molecule has 0 spiro atoms. The van der Waals surface area contributed by atoms with Gasteiger partial charge in [0.05, 0.1) is 10.5 Å². The number of amides is 1. The van der Waals surface area contributed by atoms with E-state index in [1.54, 1.807) is 0 Å². The second-order valence-electron chi connectivity index (χ2n) is 4.22. The molecule has 0 aliphatic rings.